The Morgan fingerprint density at radius 3 is 0.750 bits per heavy atom. The van der Waals surface area contributed by atoms with Crippen molar-refractivity contribution in [2.75, 3.05) is 0 Å². The topological polar surface area (TPSA) is 80.3 Å². The predicted molar refractivity (Wildman–Crippen MR) is 21.4 cm³/mol. The number of hydrogen-bond donors (Lipinski definition) is 0. The Hall–Kier alpha value is 2.94. The zero-order chi connectivity index (χ0) is 7.15. The third-order valence-electron chi connectivity index (χ3n) is 0. The molecule has 48 valence electrons. The number of carbonyl (C=O) groups excluding carboxylic acids is 2. The van der Waals surface area contributed by atoms with Gasteiger partial charge in [0.15, 0.2) is 0 Å². The molecule has 0 saturated carbocycles. The first-order valence-electron chi connectivity index (χ1n) is 1.82. The molecule has 0 spiro atoms. The van der Waals surface area contributed by atoms with Gasteiger partial charge in [0.1, 0.15) is 0 Å². The van der Waals surface area contributed by atoms with Gasteiger partial charge in [-0.05, 0) is 13.8 Å². The molecule has 0 bridgehead atoms. The molecule has 0 aromatic heterocycles. The monoisotopic (exact) mass is 210 g/mol. The molecule has 0 aromatic rings. The molecule has 0 amide bonds. The van der Waals surface area contributed by atoms with Gasteiger partial charge < -0.3 is 19.8 Å². The van der Waals surface area contributed by atoms with Crippen LogP contribution in [0.1, 0.15) is 13.8 Å². The van der Waals surface area contributed by atoms with Crippen LogP contribution in [0.4, 0.5) is 0 Å². The molecule has 8 heteroatoms. The molecule has 0 aliphatic carbocycles. The molecular weight excluding hydrogens is 204 g/mol. The second-order valence-electron chi connectivity index (χ2n) is 0.983. The third-order valence-corrected chi connectivity index (χ3v) is 0. The number of carboxylic acid groups (broad SMARTS) is 2. The van der Waals surface area contributed by atoms with E-state index in [9.17, 15) is 0 Å². The van der Waals surface area contributed by atoms with Crippen molar-refractivity contribution in [3.05, 3.63) is 0 Å². The van der Waals surface area contributed by atoms with Gasteiger partial charge in [-0.15, -0.1) is 0 Å². The van der Waals surface area contributed by atoms with Crippen molar-refractivity contribution in [2.45, 2.75) is 13.8 Å². The number of aliphatic carboxylic acids is 2. The second kappa shape index (κ2) is 29.2. The number of hydrogen-bond acceptors (Lipinski definition) is 4. The molecule has 0 unspecified atom stereocenters. The van der Waals surface area contributed by atoms with Gasteiger partial charge in [-0.2, -0.15) is 0 Å². The largest absolute Gasteiger partial charge is 1.00 e. The Bertz CT molecular complexity index is 77.1. The summed E-state index contributed by atoms with van der Waals surface area (Å²) >= 11 is 0. The van der Waals surface area contributed by atoms with Crippen molar-refractivity contribution < 1.29 is 138 Å². The molecule has 0 heterocycles. The van der Waals surface area contributed by atoms with Crippen molar-refractivity contribution in [1.82, 2.24) is 0 Å². The Kier molecular flexibility index (Phi) is 88.4. The summed E-state index contributed by atoms with van der Waals surface area (Å²) in [5.74, 6) is -2.17. The summed E-state index contributed by atoms with van der Waals surface area (Å²) in [7, 11) is 0. The van der Waals surface area contributed by atoms with Crippen molar-refractivity contribution >= 4 is 11.9 Å². The Morgan fingerprint density at radius 1 is 0.750 bits per heavy atom. The molecule has 0 atom stereocenters. The minimum absolute atomic E-state index is 0. The smallest absolute Gasteiger partial charge is 0.550 e. The van der Waals surface area contributed by atoms with E-state index >= 15 is 0 Å². The van der Waals surface area contributed by atoms with E-state index in [0.717, 1.165) is 13.8 Å². The van der Waals surface area contributed by atoms with Gasteiger partial charge in [-0.1, -0.05) is 0 Å². The minimum atomic E-state index is -1.08. The van der Waals surface area contributed by atoms with E-state index in [1.165, 1.54) is 0 Å². The van der Waals surface area contributed by atoms with Crippen molar-refractivity contribution in [2.24, 2.45) is 0 Å². The van der Waals surface area contributed by atoms with E-state index in [-0.39, 0.29) is 118 Å². The summed E-state index contributed by atoms with van der Waals surface area (Å²) in [6, 6.07) is 0. The Morgan fingerprint density at radius 2 is 0.750 bits per heavy atom. The van der Waals surface area contributed by atoms with Crippen LogP contribution in [0.5, 0.6) is 0 Å². The van der Waals surface area contributed by atoms with Crippen LogP contribution >= 0.6 is 0 Å². The van der Waals surface area contributed by atoms with Crippen LogP contribution in [-0.4, -0.2) is 11.9 Å². The average molecular weight is 210 g/mol. The number of carbonyl (C=O) groups is 2. The molecule has 0 rings (SSSR count). The van der Waals surface area contributed by atoms with Crippen LogP contribution in [-0.2, 0) is 9.59 Å². The first-order valence-corrected chi connectivity index (χ1v) is 1.82. The van der Waals surface area contributed by atoms with E-state index in [4.69, 9.17) is 19.8 Å². The molecule has 0 aliphatic heterocycles. The van der Waals surface area contributed by atoms with Gasteiger partial charge in [0.2, 0.25) is 0 Å². The minimum Gasteiger partial charge on any atom is -0.550 e. The van der Waals surface area contributed by atoms with Gasteiger partial charge in [0, 0.05) is 11.9 Å². The molecule has 0 fully saturated rings. The van der Waals surface area contributed by atoms with Gasteiger partial charge in [-0.3, -0.25) is 0 Å². The number of carboxylic acids is 2. The van der Waals surface area contributed by atoms with Gasteiger partial charge >= 0.3 is 118 Å². The maximum absolute atomic E-state index is 8.89. The van der Waals surface area contributed by atoms with E-state index in [0.29, 0.717) is 0 Å². The molecule has 4 nitrogen and oxygen atoms in total. The van der Waals surface area contributed by atoms with Crippen LogP contribution in [0.25, 0.3) is 0 Å². The molecular formula is C4H6Na4O4+2. The van der Waals surface area contributed by atoms with Gasteiger partial charge in [0.25, 0.3) is 0 Å². The summed E-state index contributed by atoms with van der Waals surface area (Å²) in [5.41, 5.74) is 0. The normalized spacial score (nSPS) is 4.17. The summed E-state index contributed by atoms with van der Waals surface area (Å²) in [4.78, 5) is 17.8. The van der Waals surface area contributed by atoms with Gasteiger partial charge in [-0.25, -0.2) is 0 Å². The van der Waals surface area contributed by atoms with Crippen molar-refractivity contribution in [3.8, 4) is 0 Å². The first kappa shape index (κ1) is 36.3. The van der Waals surface area contributed by atoms with E-state index in [2.05, 4.69) is 0 Å². The third kappa shape index (κ3) is 213. The maximum Gasteiger partial charge on any atom is 1.00 e. The summed E-state index contributed by atoms with van der Waals surface area (Å²) < 4.78 is 0. The van der Waals surface area contributed by atoms with Crippen LogP contribution in [0, 0.1) is 0 Å². The van der Waals surface area contributed by atoms with Crippen LogP contribution < -0.4 is 128 Å². The average Bonchev–Trinajstić information content (AvgIpc) is 1.25. The number of rotatable bonds is 0. The molecule has 0 radical (unpaired) electrons. The quantitative estimate of drug-likeness (QED) is 0.372. The Labute approximate surface area is 160 Å². The van der Waals surface area contributed by atoms with E-state index in [1.54, 1.807) is 0 Å². The van der Waals surface area contributed by atoms with E-state index < -0.39 is 11.9 Å². The maximum atomic E-state index is 8.89. The molecule has 12 heavy (non-hydrogen) atoms. The molecule has 0 saturated heterocycles. The molecule has 0 N–H and O–H groups in total. The predicted octanol–water partition coefficient (Wildman–Crippen LogP) is -14.5. The zero-order valence-electron chi connectivity index (χ0n) is 8.63. The van der Waals surface area contributed by atoms with Crippen LogP contribution in [0.3, 0.4) is 0 Å². The summed E-state index contributed by atoms with van der Waals surface area (Å²) in [6.45, 7) is 1.94. The van der Waals surface area contributed by atoms with Gasteiger partial charge in [0.05, 0.1) is 0 Å². The summed E-state index contributed by atoms with van der Waals surface area (Å²) in [5, 5.41) is 17.8. The standard InChI is InChI=1S/2C2H4O2.4Na/c2*1-2(3)4;;;;/h2*1H3,(H,3,4);;;;/q;;4*+1/p-2. The SMILES string of the molecule is CC(=O)[O-].CC(=O)[O-].[Na+].[Na+].[Na+].[Na+]. The van der Waals surface area contributed by atoms with Crippen molar-refractivity contribution in [3.63, 3.8) is 0 Å². The van der Waals surface area contributed by atoms with Crippen LogP contribution in [0.15, 0.2) is 0 Å². The first-order chi connectivity index (χ1) is 3.46. The fourth-order valence-corrected chi connectivity index (χ4v) is 0. The Balaban J connectivity index is -0.0000000112. The van der Waals surface area contributed by atoms with Crippen LogP contribution in [0.2, 0.25) is 0 Å². The molecule has 0 aliphatic rings. The molecule has 0 aromatic carbocycles. The van der Waals surface area contributed by atoms with E-state index in [1.807, 2.05) is 0 Å². The van der Waals surface area contributed by atoms with Crippen molar-refractivity contribution in [1.29, 1.82) is 0 Å². The fraction of sp³-hybridized carbons (Fsp3) is 0.500. The zero-order valence-corrected chi connectivity index (χ0v) is 16.6. The second-order valence-corrected chi connectivity index (χ2v) is 0.983. The summed E-state index contributed by atoms with van der Waals surface area (Å²) in [6.07, 6.45) is 0. The fourth-order valence-electron chi connectivity index (χ4n) is 0.